The van der Waals surface area contributed by atoms with Crippen LogP contribution in [0.5, 0.6) is 0 Å². The summed E-state index contributed by atoms with van der Waals surface area (Å²) in [7, 11) is 0. The van der Waals surface area contributed by atoms with Gasteiger partial charge in [-0.1, -0.05) is 0 Å². The zero-order valence-electron chi connectivity index (χ0n) is 22.4. The minimum absolute atomic E-state index is 0.0663. The molecule has 2 aromatic rings. The maximum atomic E-state index is 15.6. The van der Waals surface area contributed by atoms with Crippen LogP contribution >= 0.6 is 0 Å². The number of nitriles is 1. The number of aliphatic imine (C=N–C) groups is 2. The summed E-state index contributed by atoms with van der Waals surface area (Å²) in [6, 6.07) is 9.00. The molecule has 5 heterocycles. The largest absolute Gasteiger partial charge is 0.379 e. The summed E-state index contributed by atoms with van der Waals surface area (Å²) >= 11 is 0. The van der Waals surface area contributed by atoms with Gasteiger partial charge in [0.05, 0.1) is 48.2 Å². The number of piperidine rings is 1. The standard InChI is InChI=1S/C29H27FN8O3/c1-29(16-41-17-29)28(40)37-9-2-3-20(15-37)25-23-14-33-8-10-38(23,32)26(36-25)21-5-4-19(12-22(21)30)27(39)35-24-11-18(13-31)6-7-34-24/h4-8,10-12,14,20H,2-3,9,15-17,32H2,1H3/p+1/t20-,38?/m1/s1. The average Bonchev–Trinajstić information content (AvgIpc) is 3.28. The van der Waals surface area contributed by atoms with Crippen LogP contribution in [0.25, 0.3) is 0 Å². The molecule has 0 bridgehead atoms. The topological polar surface area (TPSA) is 146 Å². The molecule has 2 saturated heterocycles. The zero-order valence-corrected chi connectivity index (χ0v) is 22.4. The molecule has 1 aromatic carbocycles. The highest BCUT2D eigenvalue weighted by Crippen LogP contribution is 2.39. The third-order valence-electron chi connectivity index (χ3n) is 7.88. The molecule has 3 N–H and O–H groups in total. The normalized spacial score (nSPS) is 24.3. The van der Waals surface area contributed by atoms with E-state index in [9.17, 15) is 9.59 Å². The number of aromatic nitrogens is 1. The molecule has 41 heavy (non-hydrogen) atoms. The first-order chi connectivity index (χ1) is 19.7. The van der Waals surface area contributed by atoms with Gasteiger partial charge in [0, 0.05) is 30.8 Å². The van der Waals surface area contributed by atoms with Gasteiger partial charge in [-0.05, 0) is 50.1 Å². The fourth-order valence-corrected chi connectivity index (χ4v) is 5.58. The number of amides is 2. The number of carbonyl (C=O) groups excluding carboxylic acids is 2. The van der Waals surface area contributed by atoms with E-state index in [1.165, 1.54) is 36.7 Å². The summed E-state index contributed by atoms with van der Waals surface area (Å²) in [5.41, 5.74) is 1.33. The predicted octanol–water partition coefficient (Wildman–Crippen LogP) is 2.84. The van der Waals surface area contributed by atoms with Crippen molar-refractivity contribution >= 4 is 29.7 Å². The van der Waals surface area contributed by atoms with Crippen LogP contribution < -0.4 is 11.2 Å². The number of nitrogens with two attached hydrogens (primary N) is 1. The van der Waals surface area contributed by atoms with E-state index in [2.05, 4.69) is 15.3 Å². The lowest BCUT2D eigenvalue weighted by Gasteiger charge is -2.42. The van der Waals surface area contributed by atoms with E-state index < -0.39 is 17.1 Å². The number of halogens is 1. The third-order valence-corrected chi connectivity index (χ3v) is 7.88. The molecule has 4 aliphatic rings. The zero-order chi connectivity index (χ0) is 28.8. The number of fused-ring (bicyclic) bond motifs is 1. The molecule has 0 spiro atoms. The molecule has 208 valence electrons. The third kappa shape index (κ3) is 4.63. The van der Waals surface area contributed by atoms with Gasteiger partial charge in [0.1, 0.15) is 23.5 Å². The smallest absolute Gasteiger partial charge is 0.267 e. The van der Waals surface area contributed by atoms with Crippen molar-refractivity contribution in [2.75, 3.05) is 31.6 Å². The molecule has 11 nitrogen and oxygen atoms in total. The maximum Gasteiger partial charge on any atom is 0.267 e. The van der Waals surface area contributed by atoms with Gasteiger partial charge < -0.3 is 15.0 Å². The Morgan fingerprint density at radius 2 is 2.12 bits per heavy atom. The minimum Gasteiger partial charge on any atom is -0.379 e. The van der Waals surface area contributed by atoms with E-state index in [1.54, 1.807) is 12.4 Å². The van der Waals surface area contributed by atoms with Crippen LogP contribution in [0.15, 0.2) is 70.3 Å². The lowest BCUT2D eigenvalue weighted by atomic mass is 9.85. The number of nitrogens with one attached hydrogen (secondary N) is 1. The van der Waals surface area contributed by atoms with Gasteiger partial charge in [-0.15, -0.1) is 4.59 Å². The Hall–Kier alpha value is -4.57. The molecule has 6 rings (SSSR count). The fourth-order valence-electron chi connectivity index (χ4n) is 5.58. The lowest BCUT2D eigenvalue weighted by Crippen LogP contribution is -2.55. The number of amidine groups is 1. The molecule has 2 amide bonds. The number of quaternary nitrogens is 1. The van der Waals surface area contributed by atoms with Crippen molar-refractivity contribution in [1.82, 2.24) is 9.88 Å². The second-order valence-electron chi connectivity index (χ2n) is 10.9. The number of pyridine rings is 1. The van der Waals surface area contributed by atoms with Gasteiger partial charge in [0.15, 0.2) is 0 Å². The summed E-state index contributed by atoms with van der Waals surface area (Å²) in [5.74, 6) is 5.98. The van der Waals surface area contributed by atoms with Gasteiger partial charge in [-0.2, -0.15) is 16.1 Å². The highest BCUT2D eigenvalue weighted by Gasteiger charge is 2.49. The Labute approximate surface area is 235 Å². The summed E-state index contributed by atoms with van der Waals surface area (Å²) in [4.78, 5) is 41.0. The number of hydrogen-bond acceptors (Lipinski definition) is 8. The second-order valence-corrected chi connectivity index (χ2v) is 10.9. The van der Waals surface area contributed by atoms with Crippen molar-refractivity contribution in [3.8, 4) is 6.07 Å². The van der Waals surface area contributed by atoms with Gasteiger partial charge >= 0.3 is 0 Å². The van der Waals surface area contributed by atoms with Crippen LogP contribution in [-0.2, 0) is 9.53 Å². The number of allylic oxidation sites excluding steroid dienone is 1. The minimum atomic E-state index is -0.673. The molecule has 0 saturated carbocycles. The number of rotatable bonds is 5. The van der Waals surface area contributed by atoms with E-state index in [0.29, 0.717) is 43.3 Å². The summed E-state index contributed by atoms with van der Waals surface area (Å²) in [5, 5.41) is 11.7. The van der Waals surface area contributed by atoms with E-state index >= 15 is 4.39 Å². The highest BCUT2D eigenvalue weighted by molar-refractivity contribution is 6.05. The number of ether oxygens (including phenoxy) is 1. The molecule has 1 unspecified atom stereocenters. The SMILES string of the molecule is CC1(C(=O)N2CCC[C@@H](C3=C4C=NC=C[N+]4(N)C(c4ccc(C(=O)Nc5cc(C#N)ccn5)cc4F)=N3)C2)COC1. The average molecular weight is 556 g/mol. The van der Waals surface area contributed by atoms with Crippen LogP contribution in [0.2, 0.25) is 0 Å². The monoisotopic (exact) mass is 555 g/mol. The van der Waals surface area contributed by atoms with Gasteiger partial charge in [-0.25, -0.2) is 9.37 Å². The van der Waals surface area contributed by atoms with Crippen LogP contribution in [0.4, 0.5) is 10.2 Å². The quantitative estimate of drug-likeness (QED) is 0.429. The summed E-state index contributed by atoms with van der Waals surface area (Å²) in [6.07, 6.45) is 7.81. The van der Waals surface area contributed by atoms with Crippen molar-refractivity contribution in [2.24, 2.45) is 27.2 Å². The maximum absolute atomic E-state index is 15.6. The Morgan fingerprint density at radius 1 is 1.29 bits per heavy atom. The van der Waals surface area contributed by atoms with Gasteiger partial charge in [0.25, 0.3) is 11.7 Å². The molecular weight excluding hydrogens is 527 g/mol. The molecule has 0 aliphatic carbocycles. The molecule has 2 fully saturated rings. The molecular formula is C29H28FN8O3+. The number of anilines is 1. The Balaban J connectivity index is 1.27. The van der Waals surface area contributed by atoms with Crippen molar-refractivity contribution < 1.29 is 23.3 Å². The first-order valence-electron chi connectivity index (χ1n) is 13.3. The molecule has 12 heteroatoms. The first kappa shape index (κ1) is 26.6. The highest BCUT2D eigenvalue weighted by atomic mass is 19.1. The number of hydrogen-bond donors (Lipinski definition) is 2. The van der Waals surface area contributed by atoms with E-state index in [-0.39, 0.29) is 39.2 Å². The molecule has 2 atom stereocenters. The van der Waals surface area contributed by atoms with Gasteiger partial charge in [-0.3, -0.25) is 14.6 Å². The molecule has 1 aromatic heterocycles. The second kappa shape index (κ2) is 10.1. The van der Waals surface area contributed by atoms with Crippen LogP contribution in [0.3, 0.4) is 0 Å². The van der Waals surface area contributed by atoms with E-state index in [4.69, 9.17) is 20.8 Å². The first-order valence-corrected chi connectivity index (χ1v) is 13.3. The fraction of sp³-hybridized carbons (Fsp3) is 0.310. The Kier molecular flexibility index (Phi) is 6.57. The van der Waals surface area contributed by atoms with Crippen molar-refractivity contribution in [1.29, 1.82) is 5.26 Å². The van der Waals surface area contributed by atoms with Gasteiger partial charge in [0.2, 0.25) is 11.6 Å². The van der Waals surface area contributed by atoms with Crippen LogP contribution in [0.1, 0.15) is 41.3 Å². The Morgan fingerprint density at radius 3 is 2.85 bits per heavy atom. The van der Waals surface area contributed by atoms with Crippen molar-refractivity contribution in [2.45, 2.75) is 19.8 Å². The summed E-state index contributed by atoms with van der Waals surface area (Å²) in [6.45, 7) is 3.89. The molecule has 4 aliphatic heterocycles. The van der Waals surface area contributed by atoms with E-state index in [0.717, 1.165) is 18.9 Å². The van der Waals surface area contributed by atoms with Crippen LogP contribution in [0, 0.1) is 28.5 Å². The van der Waals surface area contributed by atoms with Crippen LogP contribution in [-0.4, -0.2) is 64.6 Å². The van der Waals surface area contributed by atoms with Crippen molar-refractivity contribution in [3.63, 3.8) is 0 Å². The number of nitrogens with zero attached hydrogens (tertiary/aromatic N) is 6. The Bertz CT molecular complexity index is 1620. The lowest BCUT2D eigenvalue weighted by molar-refractivity contribution is -0.750. The number of carbonyl (C=O) groups is 2. The molecule has 0 radical (unpaired) electrons. The predicted molar refractivity (Wildman–Crippen MR) is 147 cm³/mol. The van der Waals surface area contributed by atoms with E-state index in [1.807, 2.05) is 17.9 Å². The number of likely N-dealkylation sites (tertiary alicyclic amines) is 1. The van der Waals surface area contributed by atoms with Crippen molar-refractivity contribution in [3.05, 3.63) is 82.8 Å². The number of benzene rings is 1. The summed E-state index contributed by atoms with van der Waals surface area (Å²) < 4.78 is 20.6.